The van der Waals surface area contributed by atoms with Gasteiger partial charge in [0.05, 0.1) is 6.10 Å². The molecule has 1 aromatic heterocycles. The predicted molar refractivity (Wildman–Crippen MR) is 69.5 cm³/mol. The molecule has 1 aliphatic rings. The molecule has 0 spiro atoms. The number of aromatic nitrogens is 2. The summed E-state index contributed by atoms with van der Waals surface area (Å²) in [7, 11) is 0. The van der Waals surface area contributed by atoms with Gasteiger partial charge in [-0.05, 0) is 32.7 Å². The average Bonchev–Trinajstić information content (AvgIpc) is 2.77. The molecule has 5 nitrogen and oxygen atoms in total. The molecule has 1 saturated heterocycles. The monoisotopic (exact) mass is 256 g/mol. The van der Waals surface area contributed by atoms with Crippen LogP contribution >= 0.6 is 11.5 Å². The molecule has 1 fully saturated rings. The van der Waals surface area contributed by atoms with Crippen molar-refractivity contribution >= 4 is 16.7 Å². The third kappa shape index (κ3) is 3.62. The number of anilines is 1. The Hall–Kier alpha value is -0.720. The van der Waals surface area contributed by atoms with Crippen molar-refractivity contribution in [2.45, 2.75) is 32.3 Å². The van der Waals surface area contributed by atoms with Crippen LogP contribution in [-0.4, -0.2) is 41.7 Å². The van der Waals surface area contributed by atoms with E-state index in [9.17, 15) is 0 Å². The largest absolute Gasteiger partial charge is 0.378 e. The summed E-state index contributed by atoms with van der Waals surface area (Å²) in [5.41, 5.74) is 5.44. The van der Waals surface area contributed by atoms with Gasteiger partial charge in [-0.3, -0.25) is 0 Å². The van der Waals surface area contributed by atoms with Crippen molar-refractivity contribution in [1.29, 1.82) is 0 Å². The Morgan fingerprint density at radius 2 is 2.24 bits per heavy atom. The van der Waals surface area contributed by atoms with Crippen molar-refractivity contribution in [2.75, 3.05) is 31.1 Å². The van der Waals surface area contributed by atoms with Crippen molar-refractivity contribution < 1.29 is 4.74 Å². The number of ether oxygens (including phenoxy) is 1. The molecule has 0 aliphatic carbocycles. The summed E-state index contributed by atoms with van der Waals surface area (Å²) >= 11 is 1.49. The molecule has 2 rings (SSSR count). The van der Waals surface area contributed by atoms with Crippen LogP contribution in [0, 0.1) is 6.92 Å². The maximum Gasteiger partial charge on any atom is 0.205 e. The predicted octanol–water partition coefficient (Wildman–Crippen LogP) is 1.18. The van der Waals surface area contributed by atoms with Gasteiger partial charge in [-0.25, -0.2) is 4.98 Å². The first-order valence-electron chi connectivity index (χ1n) is 6.16. The molecular weight excluding hydrogens is 236 g/mol. The van der Waals surface area contributed by atoms with E-state index in [2.05, 4.69) is 14.3 Å². The number of hydrogen-bond donors (Lipinski definition) is 1. The average molecular weight is 256 g/mol. The minimum Gasteiger partial charge on any atom is -0.378 e. The number of rotatable bonds is 5. The second-order valence-corrected chi connectivity index (χ2v) is 5.05. The van der Waals surface area contributed by atoms with Crippen LogP contribution < -0.4 is 10.6 Å². The van der Waals surface area contributed by atoms with Crippen LogP contribution in [0.4, 0.5) is 5.13 Å². The second kappa shape index (κ2) is 6.28. The Balaban J connectivity index is 1.74. The van der Waals surface area contributed by atoms with Crippen LogP contribution in [0.15, 0.2) is 0 Å². The first kappa shape index (κ1) is 12.7. The smallest absolute Gasteiger partial charge is 0.205 e. The molecular formula is C11H20N4OS. The van der Waals surface area contributed by atoms with Crippen molar-refractivity contribution in [3.8, 4) is 0 Å². The zero-order chi connectivity index (χ0) is 12.1. The maximum absolute atomic E-state index is 5.77. The normalized spacial score (nSPS) is 17.6. The summed E-state index contributed by atoms with van der Waals surface area (Å²) in [6.07, 6.45) is 3.49. The van der Waals surface area contributed by atoms with E-state index < -0.39 is 0 Å². The standard InChI is InChI=1S/C11H20N4OS/c1-9-13-11(17-14-9)15-6-3-10(4-7-15)16-8-2-5-12/h10H,2-8,12H2,1H3. The van der Waals surface area contributed by atoms with Gasteiger partial charge in [-0.2, -0.15) is 4.37 Å². The number of piperidine rings is 1. The molecule has 1 aromatic rings. The van der Waals surface area contributed by atoms with Crippen LogP contribution in [0.2, 0.25) is 0 Å². The van der Waals surface area contributed by atoms with E-state index in [1.165, 1.54) is 11.5 Å². The van der Waals surface area contributed by atoms with Crippen LogP contribution in [0.25, 0.3) is 0 Å². The molecule has 0 aromatic carbocycles. The molecule has 2 N–H and O–H groups in total. The summed E-state index contributed by atoms with van der Waals surface area (Å²) < 4.78 is 9.99. The van der Waals surface area contributed by atoms with E-state index in [1.54, 1.807) is 0 Å². The minimum absolute atomic E-state index is 0.395. The molecule has 6 heteroatoms. The topological polar surface area (TPSA) is 64.3 Å². The van der Waals surface area contributed by atoms with Gasteiger partial charge in [0.25, 0.3) is 0 Å². The summed E-state index contributed by atoms with van der Waals surface area (Å²) in [5.74, 6) is 0.867. The van der Waals surface area contributed by atoms with Crippen molar-refractivity contribution in [3.05, 3.63) is 5.82 Å². The second-order valence-electron chi connectivity index (χ2n) is 4.32. The Labute approximate surface area is 106 Å². The Bertz CT molecular complexity index is 336. The molecule has 17 heavy (non-hydrogen) atoms. The zero-order valence-corrected chi connectivity index (χ0v) is 11.1. The third-order valence-corrected chi connectivity index (χ3v) is 3.80. The van der Waals surface area contributed by atoms with Crippen LogP contribution in [0.3, 0.4) is 0 Å². The minimum atomic E-state index is 0.395. The quantitative estimate of drug-likeness (QED) is 0.801. The van der Waals surface area contributed by atoms with Gasteiger partial charge in [0.15, 0.2) is 0 Å². The fourth-order valence-corrected chi connectivity index (χ4v) is 2.69. The highest BCUT2D eigenvalue weighted by Gasteiger charge is 2.21. The molecule has 1 aliphatic heterocycles. The van der Waals surface area contributed by atoms with Crippen molar-refractivity contribution in [2.24, 2.45) is 5.73 Å². The van der Waals surface area contributed by atoms with E-state index >= 15 is 0 Å². The lowest BCUT2D eigenvalue weighted by molar-refractivity contribution is 0.0366. The number of aryl methyl sites for hydroxylation is 1. The zero-order valence-electron chi connectivity index (χ0n) is 10.3. The van der Waals surface area contributed by atoms with Crippen molar-refractivity contribution in [3.63, 3.8) is 0 Å². The van der Waals surface area contributed by atoms with E-state index in [-0.39, 0.29) is 0 Å². The SMILES string of the molecule is Cc1nsc(N2CCC(OCCCN)CC2)n1. The molecule has 0 atom stereocenters. The highest BCUT2D eigenvalue weighted by atomic mass is 32.1. The van der Waals surface area contributed by atoms with E-state index in [4.69, 9.17) is 10.5 Å². The van der Waals surface area contributed by atoms with Gasteiger partial charge in [0, 0.05) is 31.2 Å². The molecule has 0 unspecified atom stereocenters. The first-order chi connectivity index (χ1) is 8.29. The summed E-state index contributed by atoms with van der Waals surface area (Å²) in [6.45, 7) is 5.47. The lowest BCUT2D eigenvalue weighted by atomic mass is 10.1. The Kier molecular flexibility index (Phi) is 4.70. The molecule has 0 amide bonds. The number of hydrogen-bond acceptors (Lipinski definition) is 6. The van der Waals surface area contributed by atoms with Crippen LogP contribution in [0.1, 0.15) is 25.1 Å². The summed E-state index contributed by atoms with van der Waals surface area (Å²) in [4.78, 5) is 6.71. The molecule has 0 bridgehead atoms. The van der Waals surface area contributed by atoms with E-state index in [0.29, 0.717) is 12.6 Å². The fourth-order valence-electron chi connectivity index (χ4n) is 1.96. The van der Waals surface area contributed by atoms with Gasteiger partial charge in [0.1, 0.15) is 5.82 Å². The molecule has 96 valence electrons. The molecule has 2 heterocycles. The highest BCUT2D eigenvalue weighted by molar-refractivity contribution is 7.09. The van der Waals surface area contributed by atoms with Crippen LogP contribution in [-0.2, 0) is 4.74 Å². The van der Waals surface area contributed by atoms with Crippen molar-refractivity contribution in [1.82, 2.24) is 9.36 Å². The lowest BCUT2D eigenvalue weighted by Crippen LogP contribution is -2.37. The lowest BCUT2D eigenvalue weighted by Gasteiger charge is -2.31. The number of nitrogens with zero attached hydrogens (tertiary/aromatic N) is 3. The number of nitrogens with two attached hydrogens (primary N) is 1. The van der Waals surface area contributed by atoms with Gasteiger partial charge in [-0.15, -0.1) is 0 Å². The Morgan fingerprint density at radius 1 is 1.47 bits per heavy atom. The summed E-state index contributed by atoms with van der Waals surface area (Å²) in [6, 6.07) is 0. The molecule has 0 radical (unpaired) electrons. The fraction of sp³-hybridized carbons (Fsp3) is 0.818. The van der Waals surface area contributed by atoms with Gasteiger partial charge >= 0.3 is 0 Å². The van der Waals surface area contributed by atoms with Gasteiger partial charge < -0.3 is 15.4 Å². The first-order valence-corrected chi connectivity index (χ1v) is 6.94. The molecule has 0 saturated carbocycles. The van der Waals surface area contributed by atoms with Gasteiger partial charge in [-0.1, -0.05) is 0 Å². The van der Waals surface area contributed by atoms with E-state index in [0.717, 1.165) is 49.9 Å². The van der Waals surface area contributed by atoms with Crippen LogP contribution in [0.5, 0.6) is 0 Å². The summed E-state index contributed by atoms with van der Waals surface area (Å²) in [5, 5.41) is 1.04. The maximum atomic E-state index is 5.77. The van der Waals surface area contributed by atoms with Gasteiger partial charge in [0.2, 0.25) is 5.13 Å². The Morgan fingerprint density at radius 3 is 2.82 bits per heavy atom. The highest BCUT2D eigenvalue weighted by Crippen LogP contribution is 2.22. The van der Waals surface area contributed by atoms with E-state index in [1.807, 2.05) is 6.92 Å². The third-order valence-electron chi connectivity index (χ3n) is 2.93.